The summed E-state index contributed by atoms with van der Waals surface area (Å²) in [6.07, 6.45) is 2.45. The van der Waals surface area contributed by atoms with Crippen LogP contribution in [0.2, 0.25) is 0 Å². The Balaban J connectivity index is 1.95. The second-order valence-corrected chi connectivity index (χ2v) is 7.31. The molecule has 3 N–H and O–H groups in total. The van der Waals surface area contributed by atoms with Gasteiger partial charge in [0.25, 0.3) is 0 Å². The minimum atomic E-state index is -0.908. The van der Waals surface area contributed by atoms with Crippen molar-refractivity contribution in [2.24, 2.45) is 5.92 Å². The van der Waals surface area contributed by atoms with Crippen LogP contribution in [0.4, 0.5) is 4.79 Å². The third-order valence-corrected chi connectivity index (χ3v) is 5.00. The van der Waals surface area contributed by atoms with E-state index in [4.69, 9.17) is 0 Å². The summed E-state index contributed by atoms with van der Waals surface area (Å²) >= 11 is 0. The van der Waals surface area contributed by atoms with Crippen molar-refractivity contribution in [2.75, 3.05) is 26.2 Å². The summed E-state index contributed by atoms with van der Waals surface area (Å²) in [5.74, 6) is 0.0762. The highest BCUT2D eigenvalue weighted by atomic mass is 16.3. The Bertz CT molecular complexity index is 511. The predicted octanol–water partition coefficient (Wildman–Crippen LogP) is 2.53. The lowest BCUT2D eigenvalue weighted by Crippen LogP contribution is -2.49. The van der Waals surface area contributed by atoms with Crippen molar-refractivity contribution in [3.8, 4) is 0 Å². The first-order valence-electron chi connectivity index (χ1n) is 8.92. The number of likely N-dealkylation sites (tertiary alicyclic amines) is 1. The predicted molar refractivity (Wildman–Crippen MR) is 96.9 cm³/mol. The molecule has 2 rings (SSSR count). The van der Waals surface area contributed by atoms with Crippen LogP contribution >= 0.6 is 0 Å². The molecule has 134 valence electrons. The van der Waals surface area contributed by atoms with Crippen LogP contribution in [0.5, 0.6) is 0 Å². The number of urea groups is 1. The highest BCUT2D eigenvalue weighted by Crippen LogP contribution is 2.18. The van der Waals surface area contributed by atoms with Crippen LogP contribution in [0, 0.1) is 5.92 Å². The topological polar surface area (TPSA) is 64.6 Å². The highest BCUT2D eigenvalue weighted by molar-refractivity contribution is 5.74. The molecule has 0 spiro atoms. The zero-order valence-electron chi connectivity index (χ0n) is 15.1. The molecule has 1 aliphatic rings. The van der Waals surface area contributed by atoms with Gasteiger partial charge in [-0.05, 0) is 44.3 Å². The first-order chi connectivity index (χ1) is 11.4. The number of carbonyl (C=O) groups excluding carboxylic acids is 1. The Labute approximate surface area is 145 Å². The molecule has 2 unspecified atom stereocenters. The van der Waals surface area contributed by atoms with Gasteiger partial charge in [-0.3, -0.25) is 0 Å². The largest absolute Gasteiger partial charge is 0.388 e. The maximum atomic E-state index is 12.3. The van der Waals surface area contributed by atoms with Gasteiger partial charge in [-0.2, -0.15) is 0 Å². The normalized spacial score (nSPS) is 19.0. The Kier molecular flexibility index (Phi) is 6.63. The van der Waals surface area contributed by atoms with Gasteiger partial charge in [0.1, 0.15) is 0 Å². The fourth-order valence-corrected chi connectivity index (χ4v) is 2.82. The van der Waals surface area contributed by atoms with E-state index in [1.54, 1.807) is 6.92 Å². The molecule has 1 aromatic rings. The summed E-state index contributed by atoms with van der Waals surface area (Å²) in [5, 5.41) is 16.2. The number of nitrogens with one attached hydrogen (secondary N) is 2. The standard InChI is InChI=1S/C19H31N3O2/c1-15(2)19(3,24)14-20-18(23)21-17(13-22-11-7-8-12-22)16-9-5-4-6-10-16/h4-6,9-10,15,17,24H,7-8,11-14H2,1-3H3,(H2,20,21,23). The molecule has 1 saturated heterocycles. The molecule has 5 heteroatoms. The number of benzene rings is 1. The van der Waals surface area contributed by atoms with E-state index in [0.29, 0.717) is 0 Å². The van der Waals surface area contributed by atoms with Crippen LogP contribution in [-0.2, 0) is 0 Å². The summed E-state index contributed by atoms with van der Waals surface area (Å²) < 4.78 is 0. The summed E-state index contributed by atoms with van der Waals surface area (Å²) in [6.45, 7) is 8.87. The molecular formula is C19H31N3O2. The van der Waals surface area contributed by atoms with Crippen molar-refractivity contribution >= 4 is 6.03 Å². The quantitative estimate of drug-likeness (QED) is 0.718. The van der Waals surface area contributed by atoms with E-state index >= 15 is 0 Å². The minimum Gasteiger partial charge on any atom is -0.388 e. The van der Waals surface area contributed by atoms with E-state index in [0.717, 1.165) is 25.2 Å². The number of aliphatic hydroxyl groups is 1. The van der Waals surface area contributed by atoms with E-state index in [9.17, 15) is 9.90 Å². The van der Waals surface area contributed by atoms with Crippen LogP contribution in [0.25, 0.3) is 0 Å². The van der Waals surface area contributed by atoms with Crippen LogP contribution in [0.1, 0.15) is 45.2 Å². The van der Waals surface area contributed by atoms with Crippen molar-refractivity contribution in [2.45, 2.75) is 45.3 Å². The van der Waals surface area contributed by atoms with Gasteiger partial charge >= 0.3 is 6.03 Å². The van der Waals surface area contributed by atoms with Gasteiger partial charge < -0.3 is 20.6 Å². The summed E-state index contributed by atoms with van der Waals surface area (Å²) in [5.41, 5.74) is 0.198. The summed E-state index contributed by atoms with van der Waals surface area (Å²) in [6, 6.07) is 9.79. The van der Waals surface area contributed by atoms with E-state index < -0.39 is 5.60 Å². The van der Waals surface area contributed by atoms with Gasteiger partial charge in [0.2, 0.25) is 0 Å². The third-order valence-electron chi connectivity index (χ3n) is 5.00. The highest BCUT2D eigenvalue weighted by Gasteiger charge is 2.26. The zero-order valence-corrected chi connectivity index (χ0v) is 15.1. The van der Waals surface area contributed by atoms with Gasteiger partial charge in [0, 0.05) is 13.1 Å². The molecule has 5 nitrogen and oxygen atoms in total. The number of nitrogens with zero attached hydrogens (tertiary/aromatic N) is 1. The molecule has 0 radical (unpaired) electrons. The molecule has 1 fully saturated rings. The molecular weight excluding hydrogens is 302 g/mol. The average Bonchev–Trinajstić information content (AvgIpc) is 3.06. The first-order valence-corrected chi connectivity index (χ1v) is 8.92. The van der Waals surface area contributed by atoms with Crippen molar-refractivity contribution in [3.63, 3.8) is 0 Å². The molecule has 24 heavy (non-hydrogen) atoms. The maximum absolute atomic E-state index is 12.3. The van der Waals surface area contributed by atoms with Crippen LogP contribution in [0.15, 0.2) is 30.3 Å². The fraction of sp³-hybridized carbons (Fsp3) is 0.632. The van der Waals surface area contributed by atoms with Crippen LogP contribution in [0.3, 0.4) is 0 Å². The Hall–Kier alpha value is -1.59. The smallest absolute Gasteiger partial charge is 0.315 e. The molecule has 0 aromatic heterocycles. The molecule has 1 aromatic carbocycles. The van der Waals surface area contributed by atoms with Gasteiger partial charge in [0.05, 0.1) is 11.6 Å². The monoisotopic (exact) mass is 333 g/mol. The van der Waals surface area contributed by atoms with Crippen molar-refractivity contribution in [1.29, 1.82) is 0 Å². The zero-order chi connectivity index (χ0) is 17.6. The maximum Gasteiger partial charge on any atom is 0.315 e. The van der Waals surface area contributed by atoms with Crippen LogP contribution in [-0.4, -0.2) is 47.8 Å². The van der Waals surface area contributed by atoms with Crippen molar-refractivity contribution in [1.82, 2.24) is 15.5 Å². The Morgan fingerprint density at radius 1 is 1.25 bits per heavy atom. The average molecular weight is 333 g/mol. The second kappa shape index (κ2) is 8.49. The van der Waals surface area contributed by atoms with E-state index in [1.165, 1.54) is 12.8 Å². The van der Waals surface area contributed by atoms with Gasteiger partial charge in [0.15, 0.2) is 0 Å². The van der Waals surface area contributed by atoms with Gasteiger partial charge in [-0.15, -0.1) is 0 Å². The lowest BCUT2D eigenvalue weighted by atomic mass is 9.93. The van der Waals surface area contributed by atoms with Gasteiger partial charge in [-0.1, -0.05) is 44.2 Å². The molecule has 2 amide bonds. The number of hydrogen-bond acceptors (Lipinski definition) is 3. The first kappa shape index (κ1) is 18.7. The molecule has 1 heterocycles. The summed E-state index contributed by atoms with van der Waals surface area (Å²) in [7, 11) is 0. The van der Waals surface area contributed by atoms with Gasteiger partial charge in [-0.25, -0.2) is 4.79 Å². The fourth-order valence-electron chi connectivity index (χ4n) is 2.82. The number of hydrogen-bond donors (Lipinski definition) is 3. The van der Waals surface area contributed by atoms with E-state index in [1.807, 2.05) is 44.2 Å². The van der Waals surface area contributed by atoms with Crippen molar-refractivity contribution in [3.05, 3.63) is 35.9 Å². The lowest BCUT2D eigenvalue weighted by molar-refractivity contribution is 0.0165. The minimum absolute atomic E-state index is 0.0479. The molecule has 2 atom stereocenters. The van der Waals surface area contributed by atoms with E-state index in [2.05, 4.69) is 15.5 Å². The number of carbonyl (C=O) groups is 1. The third kappa shape index (κ3) is 5.49. The summed E-state index contributed by atoms with van der Waals surface area (Å²) in [4.78, 5) is 14.7. The SMILES string of the molecule is CC(C)C(C)(O)CNC(=O)NC(CN1CCCC1)c1ccccc1. The Morgan fingerprint density at radius 3 is 2.46 bits per heavy atom. The molecule has 0 aliphatic carbocycles. The Morgan fingerprint density at radius 2 is 1.88 bits per heavy atom. The second-order valence-electron chi connectivity index (χ2n) is 7.31. The molecule has 0 bridgehead atoms. The number of amides is 2. The molecule has 1 aliphatic heterocycles. The van der Waals surface area contributed by atoms with E-state index in [-0.39, 0.29) is 24.5 Å². The number of rotatable bonds is 7. The van der Waals surface area contributed by atoms with Crippen molar-refractivity contribution < 1.29 is 9.90 Å². The van der Waals surface area contributed by atoms with Crippen LogP contribution < -0.4 is 10.6 Å². The molecule has 0 saturated carbocycles. The lowest BCUT2D eigenvalue weighted by Gasteiger charge is -2.29.